The standard InChI is InChI=1S/C26H34N4/c1-21-23(3)29(25-13-7-5-8-14-25)19-27(21)17-11-12-18-28-20-30(24(4)22(28)2)26-15-9-6-10-16-26/h5-10,13-16H,11-12,17-20H2,1-4H3. The van der Waals surface area contributed by atoms with Crippen molar-refractivity contribution in [2.75, 3.05) is 36.2 Å². The van der Waals surface area contributed by atoms with E-state index in [1.807, 2.05) is 0 Å². The van der Waals surface area contributed by atoms with Gasteiger partial charge in [-0.1, -0.05) is 36.4 Å². The van der Waals surface area contributed by atoms with Gasteiger partial charge in [0.2, 0.25) is 0 Å². The summed E-state index contributed by atoms with van der Waals surface area (Å²) >= 11 is 0. The SMILES string of the molecule is CC1=C(C)N(c2ccccc2)CN1CCCCN1CN(c2ccccc2)C(C)=C1C. The van der Waals surface area contributed by atoms with Crippen LogP contribution in [0.4, 0.5) is 11.4 Å². The Morgan fingerprint density at radius 1 is 0.533 bits per heavy atom. The summed E-state index contributed by atoms with van der Waals surface area (Å²) in [5.41, 5.74) is 8.11. The van der Waals surface area contributed by atoms with Gasteiger partial charge in [-0.25, -0.2) is 0 Å². The Kier molecular flexibility index (Phi) is 6.03. The number of hydrogen-bond donors (Lipinski definition) is 0. The molecule has 2 aliphatic rings. The average molecular weight is 403 g/mol. The number of allylic oxidation sites excluding steroid dienone is 4. The molecule has 0 spiro atoms. The van der Waals surface area contributed by atoms with Gasteiger partial charge in [0.05, 0.1) is 13.3 Å². The molecular formula is C26H34N4. The first-order valence-corrected chi connectivity index (χ1v) is 11.1. The molecule has 2 aliphatic heterocycles. The van der Waals surface area contributed by atoms with Crippen molar-refractivity contribution < 1.29 is 0 Å². The maximum atomic E-state index is 2.52. The van der Waals surface area contributed by atoms with Crippen molar-refractivity contribution >= 4 is 11.4 Å². The molecule has 4 heteroatoms. The van der Waals surface area contributed by atoms with Gasteiger partial charge in [-0.15, -0.1) is 0 Å². The van der Waals surface area contributed by atoms with E-state index in [9.17, 15) is 0 Å². The lowest BCUT2D eigenvalue weighted by molar-refractivity contribution is 0.329. The summed E-state index contributed by atoms with van der Waals surface area (Å²) in [6.45, 7) is 13.1. The molecular weight excluding hydrogens is 368 g/mol. The zero-order valence-electron chi connectivity index (χ0n) is 18.8. The molecule has 0 aliphatic carbocycles. The first-order valence-electron chi connectivity index (χ1n) is 11.1. The summed E-state index contributed by atoms with van der Waals surface area (Å²) < 4.78 is 0. The number of rotatable bonds is 7. The van der Waals surface area contributed by atoms with E-state index in [0.717, 1.165) is 26.4 Å². The topological polar surface area (TPSA) is 13.0 Å². The van der Waals surface area contributed by atoms with Crippen molar-refractivity contribution in [2.24, 2.45) is 0 Å². The van der Waals surface area contributed by atoms with Gasteiger partial charge >= 0.3 is 0 Å². The van der Waals surface area contributed by atoms with Crippen molar-refractivity contribution in [3.05, 3.63) is 83.5 Å². The van der Waals surface area contributed by atoms with Crippen molar-refractivity contribution in [2.45, 2.75) is 40.5 Å². The molecule has 0 amide bonds. The predicted molar refractivity (Wildman–Crippen MR) is 127 cm³/mol. The minimum Gasteiger partial charge on any atom is -0.356 e. The Balaban J connectivity index is 1.28. The summed E-state index contributed by atoms with van der Waals surface area (Å²) in [6, 6.07) is 21.4. The number of nitrogens with zero attached hydrogens (tertiary/aromatic N) is 4. The number of anilines is 2. The largest absolute Gasteiger partial charge is 0.356 e. The lowest BCUT2D eigenvalue weighted by atomic mass is 10.2. The molecule has 158 valence electrons. The zero-order valence-corrected chi connectivity index (χ0v) is 18.8. The molecule has 0 unspecified atom stereocenters. The molecule has 0 saturated heterocycles. The summed E-state index contributed by atoms with van der Waals surface area (Å²) in [5, 5.41) is 0. The predicted octanol–water partition coefficient (Wildman–Crippen LogP) is 5.83. The number of hydrogen-bond acceptors (Lipinski definition) is 4. The first kappa shape index (κ1) is 20.4. The summed E-state index contributed by atoms with van der Waals surface area (Å²) in [5.74, 6) is 0. The fourth-order valence-electron chi connectivity index (χ4n) is 4.46. The van der Waals surface area contributed by atoms with Crippen LogP contribution in [0.3, 0.4) is 0 Å². The minimum atomic E-state index is 0.964. The molecule has 0 N–H and O–H groups in total. The number of unbranched alkanes of at least 4 members (excludes halogenated alkanes) is 1. The highest BCUT2D eigenvalue weighted by atomic mass is 15.4. The lowest BCUT2D eigenvalue weighted by Crippen LogP contribution is -2.30. The Morgan fingerprint density at radius 3 is 1.27 bits per heavy atom. The molecule has 2 heterocycles. The normalized spacial score (nSPS) is 17.1. The second-order valence-corrected chi connectivity index (χ2v) is 8.39. The van der Waals surface area contributed by atoms with Crippen LogP contribution in [0.1, 0.15) is 40.5 Å². The molecule has 0 aromatic heterocycles. The van der Waals surface area contributed by atoms with Gasteiger partial charge in [0.25, 0.3) is 0 Å². The monoisotopic (exact) mass is 402 g/mol. The van der Waals surface area contributed by atoms with Gasteiger partial charge in [0.15, 0.2) is 0 Å². The van der Waals surface area contributed by atoms with Gasteiger partial charge < -0.3 is 19.6 Å². The van der Waals surface area contributed by atoms with E-state index >= 15 is 0 Å². The molecule has 4 nitrogen and oxygen atoms in total. The van der Waals surface area contributed by atoms with E-state index in [1.165, 1.54) is 47.0 Å². The minimum absolute atomic E-state index is 0.964. The molecule has 0 saturated carbocycles. The summed E-state index contributed by atoms with van der Waals surface area (Å²) in [6.07, 6.45) is 2.42. The van der Waals surface area contributed by atoms with E-state index in [2.05, 4.69) is 108 Å². The van der Waals surface area contributed by atoms with Gasteiger partial charge in [0.1, 0.15) is 0 Å². The van der Waals surface area contributed by atoms with Crippen LogP contribution in [-0.4, -0.2) is 36.2 Å². The van der Waals surface area contributed by atoms with Crippen LogP contribution in [0.2, 0.25) is 0 Å². The highest BCUT2D eigenvalue weighted by Crippen LogP contribution is 2.30. The van der Waals surface area contributed by atoms with Crippen LogP contribution in [0.15, 0.2) is 83.5 Å². The van der Waals surface area contributed by atoms with Crippen LogP contribution in [0, 0.1) is 0 Å². The van der Waals surface area contributed by atoms with Crippen LogP contribution >= 0.6 is 0 Å². The molecule has 0 radical (unpaired) electrons. The Bertz CT molecular complexity index is 839. The third-order valence-electron chi connectivity index (χ3n) is 6.67. The van der Waals surface area contributed by atoms with E-state index in [0.29, 0.717) is 0 Å². The fourth-order valence-corrected chi connectivity index (χ4v) is 4.46. The highest BCUT2D eigenvalue weighted by molar-refractivity contribution is 5.55. The Labute approximate surface area is 181 Å². The Hall–Kier alpha value is -2.88. The summed E-state index contributed by atoms with van der Waals surface area (Å²) in [7, 11) is 0. The molecule has 0 fully saturated rings. The number of para-hydroxylation sites is 2. The average Bonchev–Trinajstić information content (AvgIpc) is 3.23. The zero-order chi connectivity index (χ0) is 21.1. The van der Waals surface area contributed by atoms with Crippen LogP contribution in [0.5, 0.6) is 0 Å². The fraction of sp³-hybridized carbons (Fsp3) is 0.385. The smallest absolute Gasteiger partial charge is 0.0946 e. The molecule has 2 aromatic carbocycles. The maximum Gasteiger partial charge on any atom is 0.0946 e. The molecule has 4 rings (SSSR count). The quantitative estimate of drug-likeness (QED) is 0.540. The van der Waals surface area contributed by atoms with Crippen LogP contribution in [-0.2, 0) is 0 Å². The van der Waals surface area contributed by atoms with Gasteiger partial charge in [-0.2, -0.15) is 0 Å². The second-order valence-electron chi connectivity index (χ2n) is 8.39. The Morgan fingerprint density at radius 2 is 0.900 bits per heavy atom. The highest BCUT2D eigenvalue weighted by Gasteiger charge is 2.25. The van der Waals surface area contributed by atoms with Gasteiger partial charge in [-0.3, -0.25) is 0 Å². The molecule has 0 atom stereocenters. The van der Waals surface area contributed by atoms with E-state index < -0.39 is 0 Å². The first-order chi connectivity index (χ1) is 14.6. The van der Waals surface area contributed by atoms with Gasteiger partial charge in [0, 0.05) is 47.3 Å². The lowest BCUT2D eigenvalue weighted by Gasteiger charge is -2.25. The van der Waals surface area contributed by atoms with E-state index in [4.69, 9.17) is 0 Å². The number of benzene rings is 2. The molecule has 0 bridgehead atoms. The van der Waals surface area contributed by atoms with Crippen molar-refractivity contribution in [1.82, 2.24) is 9.80 Å². The maximum absolute atomic E-state index is 2.52. The summed E-state index contributed by atoms with van der Waals surface area (Å²) in [4.78, 5) is 9.89. The third kappa shape index (κ3) is 4.04. The second kappa shape index (κ2) is 8.86. The molecule has 30 heavy (non-hydrogen) atoms. The third-order valence-corrected chi connectivity index (χ3v) is 6.67. The van der Waals surface area contributed by atoms with Crippen LogP contribution < -0.4 is 9.80 Å². The van der Waals surface area contributed by atoms with Crippen molar-refractivity contribution in [3.63, 3.8) is 0 Å². The van der Waals surface area contributed by atoms with Crippen molar-refractivity contribution in [3.8, 4) is 0 Å². The van der Waals surface area contributed by atoms with Crippen molar-refractivity contribution in [1.29, 1.82) is 0 Å². The molecule has 2 aromatic rings. The van der Waals surface area contributed by atoms with E-state index in [1.54, 1.807) is 0 Å². The van der Waals surface area contributed by atoms with Crippen LogP contribution in [0.25, 0.3) is 0 Å². The van der Waals surface area contributed by atoms with E-state index in [-0.39, 0.29) is 0 Å². The van der Waals surface area contributed by atoms with Gasteiger partial charge in [-0.05, 0) is 64.8 Å².